The van der Waals surface area contributed by atoms with Gasteiger partial charge >= 0.3 is 5.97 Å². The van der Waals surface area contributed by atoms with E-state index in [0.29, 0.717) is 6.04 Å². The molecule has 1 rings (SSSR count). The first kappa shape index (κ1) is 16.7. The standard InChI is InChI=1S/C15H27N3O2/c1-5-13-9-14(18(4)17-13)10-16-12(3)8-6-7-11(2)15(19)20/h9,11-12,16H,5-8,10H2,1-4H3,(H,19,20). The summed E-state index contributed by atoms with van der Waals surface area (Å²) in [5, 5.41) is 16.7. The Bertz CT molecular complexity index is 429. The number of hydrogen-bond acceptors (Lipinski definition) is 3. The van der Waals surface area contributed by atoms with Gasteiger partial charge in [-0.25, -0.2) is 0 Å². The zero-order chi connectivity index (χ0) is 15.1. The Morgan fingerprint density at radius 3 is 2.70 bits per heavy atom. The van der Waals surface area contributed by atoms with Crippen LogP contribution >= 0.6 is 0 Å². The molecular weight excluding hydrogens is 254 g/mol. The van der Waals surface area contributed by atoms with Crippen molar-refractivity contribution in [2.45, 2.75) is 59.0 Å². The lowest BCUT2D eigenvalue weighted by Crippen LogP contribution is -2.26. The molecule has 0 bridgehead atoms. The smallest absolute Gasteiger partial charge is 0.306 e. The number of carbonyl (C=O) groups is 1. The molecule has 0 aliphatic carbocycles. The van der Waals surface area contributed by atoms with Gasteiger partial charge in [0.15, 0.2) is 0 Å². The molecule has 0 aliphatic heterocycles. The van der Waals surface area contributed by atoms with E-state index in [1.165, 1.54) is 5.69 Å². The van der Waals surface area contributed by atoms with Crippen molar-refractivity contribution >= 4 is 5.97 Å². The molecule has 0 aliphatic rings. The predicted molar refractivity (Wildman–Crippen MR) is 79.5 cm³/mol. The third kappa shape index (κ3) is 5.33. The zero-order valence-electron chi connectivity index (χ0n) is 13.0. The number of nitrogens with zero attached hydrogens (tertiary/aromatic N) is 2. The first-order valence-corrected chi connectivity index (χ1v) is 7.42. The van der Waals surface area contributed by atoms with Crippen LogP contribution in [-0.4, -0.2) is 26.9 Å². The fourth-order valence-electron chi connectivity index (χ4n) is 2.14. The minimum Gasteiger partial charge on any atom is -0.481 e. The molecule has 1 aromatic rings. The molecular formula is C15H27N3O2. The molecule has 0 radical (unpaired) electrons. The Labute approximate surface area is 121 Å². The summed E-state index contributed by atoms with van der Waals surface area (Å²) in [5.41, 5.74) is 2.31. The third-order valence-electron chi connectivity index (χ3n) is 3.72. The van der Waals surface area contributed by atoms with Crippen molar-refractivity contribution in [3.05, 3.63) is 17.5 Å². The van der Waals surface area contributed by atoms with Crippen molar-refractivity contribution in [2.24, 2.45) is 13.0 Å². The van der Waals surface area contributed by atoms with Crippen LogP contribution in [-0.2, 0) is 24.8 Å². The van der Waals surface area contributed by atoms with E-state index in [1.807, 2.05) is 11.7 Å². The Morgan fingerprint density at radius 1 is 1.45 bits per heavy atom. The van der Waals surface area contributed by atoms with Crippen molar-refractivity contribution in [2.75, 3.05) is 0 Å². The SMILES string of the molecule is CCc1cc(CNC(C)CCCC(C)C(=O)O)n(C)n1. The van der Waals surface area contributed by atoms with E-state index in [9.17, 15) is 4.79 Å². The largest absolute Gasteiger partial charge is 0.481 e. The number of aromatic nitrogens is 2. The Kier molecular flexibility index (Phi) is 6.71. The van der Waals surface area contributed by atoms with Gasteiger partial charge in [-0.15, -0.1) is 0 Å². The summed E-state index contributed by atoms with van der Waals surface area (Å²) in [4.78, 5) is 10.7. The number of aliphatic carboxylic acids is 1. The van der Waals surface area contributed by atoms with Crippen LogP contribution in [0.4, 0.5) is 0 Å². The quantitative estimate of drug-likeness (QED) is 0.729. The van der Waals surface area contributed by atoms with Gasteiger partial charge in [0.1, 0.15) is 0 Å². The van der Waals surface area contributed by atoms with Crippen molar-refractivity contribution in [3.63, 3.8) is 0 Å². The molecule has 0 saturated carbocycles. The summed E-state index contributed by atoms with van der Waals surface area (Å²) in [7, 11) is 1.97. The Balaban J connectivity index is 2.27. The number of carboxylic acid groups (broad SMARTS) is 1. The van der Waals surface area contributed by atoms with Crippen LogP contribution in [0.25, 0.3) is 0 Å². The summed E-state index contributed by atoms with van der Waals surface area (Å²) in [6.45, 7) is 6.82. The second kappa shape index (κ2) is 8.04. The van der Waals surface area contributed by atoms with Crippen molar-refractivity contribution in [1.29, 1.82) is 0 Å². The average molecular weight is 281 g/mol. The molecule has 5 nitrogen and oxygen atoms in total. The van der Waals surface area contributed by atoms with Crippen LogP contribution in [0, 0.1) is 5.92 Å². The van der Waals surface area contributed by atoms with Crippen molar-refractivity contribution < 1.29 is 9.90 Å². The molecule has 0 amide bonds. The normalized spacial score (nSPS) is 14.2. The summed E-state index contributed by atoms with van der Waals surface area (Å²) < 4.78 is 1.92. The van der Waals surface area contributed by atoms with E-state index in [4.69, 9.17) is 5.11 Å². The maximum atomic E-state index is 10.7. The number of nitrogens with one attached hydrogen (secondary N) is 1. The lowest BCUT2D eigenvalue weighted by atomic mass is 10.0. The van der Waals surface area contributed by atoms with E-state index in [1.54, 1.807) is 6.92 Å². The van der Waals surface area contributed by atoms with E-state index in [2.05, 4.69) is 30.3 Å². The highest BCUT2D eigenvalue weighted by Crippen LogP contribution is 2.10. The van der Waals surface area contributed by atoms with Gasteiger partial charge in [0.25, 0.3) is 0 Å². The van der Waals surface area contributed by atoms with E-state index >= 15 is 0 Å². The molecule has 20 heavy (non-hydrogen) atoms. The predicted octanol–water partition coefficient (Wildman–Crippen LogP) is 2.35. The first-order chi connectivity index (χ1) is 9.43. The number of rotatable bonds is 9. The van der Waals surface area contributed by atoms with Gasteiger partial charge in [0.05, 0.1) is 17.3 Å². The Morgan fingerprint density at radius 2 is 2.15 bits per heavy atom. The highest BCUT2D eigenvalue weighted by Gasteiger charge is 2.11. The van der Waals surface area contributed by atoms with E-state index in [0.717, 1.165) is 37.9 Å². The molecule has 2 N–H and O–H groups in total. The monoisotopic (exact) mass is 281 g/mol. The summed E-state index contributed by atoms with van der Waals surface area (Å²) in [5.74, 6) is -0.945. The van der Waals surface area contributed by atoms with Gasteiger partial charge in [-0.2, -0.15) is 5.10 Å². The molecule has 114 valence electrons. The van der Waals surface area contributed by atoms with Gasteiger partial charge in [0, 0.05) is 19.6 Å². The van der Waals surface area contributed by atoms with Gasteiger partial charge < -0.3 is 10.4 Å². The maximum Gasteiger partial charge on any atom is 0.306 e. The van der Waals surface area contributed by atoms with Crippen molar-refractivity contribution in [3.8, 4) is 0 Å². The van der Waals surface area contributed by atoms with Crippen LogP contribution in [0.3, 0.4) is 0 Å². The van der Waals surface area contributed by atoms with Crippen LogP contribution in [0.2, 0.25) is 0 Å². The van der Waals surface area contributed by atoms with Gasteiger partial charge in [-0.1, -0.05) is 20.3 Å². The first-order valence-electron chi connectivity index (χ1n) is 7.42. The minimum atomic E-state index is -0.701. The molecule has 0 saturated heterocycles. The molecule has 0 spiro atoms. The summed E-state index contributed by atoms with van der Waals surface area (Å²) in [6.07, 6.45) is 3.63. The van der Waals surface area contributed by atoms with E-state index < -0.39 is 5.97 Å². The second-order valence-corrected chi connectivity index (χ2v) is 5.56. The molecule has 2 atom stereocenters. The maximum absolute atomic E-state index is 10.7. The second-order valence-electron chi connectivity index (χ2n) is 5.56. The molecule has 0 aromatic carbocycles. The summed E-state index contributed by atoms with van der Waals surface area (Å²) in [6, 6.07) is 2.52. The van der Waals surface area contributed by atoms with Crippen LogP contribution in [0.1, 0.15) is 51.4 Å². The van der Waals surface area contributed by atoms with Crippen molar-refractivity contribution in [1.82, 2.24) is 15.1 Å². The summed E-state index contributed by atoms with van der Waals surface area (Å²) >= 11 is 0. The number of aryl methyl sites for hydroxylation is 2. The number of carboxylic acids is 1. The molecule has 5 heteroatoms. The van der Waals surface area contributed by atoms with Gasteiger partial charge in [0.2, 0.25) is 0 Å². The van der Waals surface area contributed by atoms with Crippen LogP contribution in [0.5, 0.6) is 0 Å². The van der Waals surface area contributed by atoms with E-state index in [-0.39, 0.29) is 5.92 Å². The van der Waals surface area contributed by atoms with Gasteiger partial charge in [-0.05, 0) is 32.3 Å². The minimum absolute atomic E-state index is 0.244. The fourth-order valence-corrected chi connectivity index (χ4v) is 2.14. The molecule has 0 fully saturated rings. The Hall–Kier alpha value is -1.36. The lowest BCUT2D eigenvalue weighted by molar-refractivity contribution is -0.141. The molecule has 2 unspecified atom stereocenters. The fraction of sp³-hybridized carbons (Fsp3) is 0.733. The van der Waals surface area contributed by atoms with Crippen LogP contribution < -0.4 is 5.32 Å². The third-order valence-corrected chi connectivity index (χ3v) is 3.72. The number of hydrogen-bond donors (Lipinski definition) is 2. The lowest BCUT2D eigenvalue weighted by Gasteiger charge is -2.14. The average Bonchev–Trinajstić information content (AvgIpc) is 2.76. The highest BCUT2D eigenvalue weighted by molar-refractivity contribution is 5.69. The van der Waals surface area contributed by atoms with Crippen LogP contribution in [0.15, 0.2) is 6.07 Å². The molecule has 1 aromatic heterocycles. The molecule has 1 heterocycles. The highest BCUT2D eigenvalue weighted by atomic mass is 16.4. The topological polar surface area (TPSA) is 67.2 Å². The zero-order valence-corrected chi connectivity index (χ0v) is 13.0. The van der Waals surface area contributed by atoms with Gasteiger partial charge in [-0.3, -0.25) is 9.48 Å².